The molecule has 262 valence electrons. The van der Waals surface area contributed by atoms with Crippen molar-refractivity contribution in [1.82, 2.24) is 0 Å². The molecule has 0 aliphatic carbocycles. The first-order valence-corrected chi connectivity index (χ1v) is 27.2. The van der Waals surface area contributed by atoms with Gasteiger partial charge in [-0.3, -0.25) is 27.9 Å². The van der Waals surface area contributed by atoms with Gasteiger partial charge in [0.1, 0.15) is 0 Å². The first kappa shape index (κ1) is 32.9. The lowest BCUT2D eigenvalue weighted by Gasteiger charge is -2.26. The number of nitrogens with zero attached hydrogens (tertiary/aromatic N) is 7. The van der Waals surface area contributed by atoms with E-state index in [1.54, 1.807) is 0 Å². The van der Waals surface area contributed by atoms with Gasteiger partial charge in [0.25, 0.3) is 25.2 Å². The van der Waals surface area contributed by atoms with E-state index in [4.69, 9.17) is 27.9 Å². The fraction of sp³-hybridized carbons (Fsp3) is 0.136. The largest absolute Gasteiger partial charge is 0.304 e. The maximum absolute atomic E-state index is 5.48. The van der Waals surface area contributed by atoms with E-state index < -0.39 is 25.2 Å². The van der Waals surface area contributed by atoms with Gasteiger partial charge in [0, 0.05) is 11.1 Å². The number of fused-ring (bicyclic) bond motifs is 5. The summed E-state index contributed by atoms with van der Waals surface area (Å²) in [5, 5.41) is 10.5. The summed E-state index contributed by atoms with van der Waals surface area (Å²) in [6.07, 6.45) is 0. The number of hydrogen-bond donors (Lipinski definition) is 0. The molecular formula is C44H39N7Si3. The van der Waals surface area contributed by atoms with Gasteiger partial charge in [0.05, 0.1) is 49.2 Å². The Bertz CT molecular complexity index is 3000. The summed E-state index contributed by atoms with van der Waals surface area (Å²) < 4.78 is 32.3. The Balaban J connectivity index is 1.26. The molecule has 10 rings (SSSR count). The summed E-state index contributed by atoms with van der Waals surface area (Å²) >= 11 is 0. The highest BCUT2D eigenvalue weighted by molar-refractivity contribution is 6.75. The predicted molar refractivity (Wildman–Crippen MR) is 226 cm³/mol. The predicted octanol–water partition coefficient (Wildman–Crippen LogP) is 7.66. The maximum atomic E-state index is 5.48. The van der Waals surface area contributed by atoms with Crippen LogP contribution in [0.15, 0.2) is 155 Å². The van der Waals surface area contributed by atoms with Crippen LogP contribution in [0.5, 0.6) is 0 Å². The summed E-state index contributed by atoms with van der Waals surface area (Å²) in [6, 6.07) is 45.7. The van der Waals surface area contributed by atoms with Crippen LogP contribution < -0.4 is 37.0 Å². The summed E-state index contributed by atoms with van der Waals surface area (Å²) in [7, 11) is -6.91. The Hall–Kier alpha value is -5.69. The van der Waals surface area contributed by atoms with Gasteiger partial charge in [-0.05, 0) is 108 Å². The summed E-state index contributed by atoms with van der Waals surface area (Å²) in [6.45, 7) is 13.2. The van der Waals surface area contributed by atoms with E-state index in [0.29, 0.717) is 0 Å². The molecule has 0 radical (unpaired) electrons. The van der Waals surface area contributed by atoms with Crippen molar-refractivity contribution in [3.8, 4) is 22.3 Å². The minimum atomic E-state index is -2.35. The topological polar surface area (TPSA) is 77.4 Å². The minimum absolute atomic E-state index is 0.917. The second-order valence-corrected chi connectivity index (χ2v) is 26.2. The molecule has 7 aromatic carbocycles. The fourth-order valence-corrected chi connectivity index (χ4v) is 12.9. The summed E-state index contributed by atoms with van der Waals surface area (Å²) in [5.74, 6) is 0. The van der Waals surface area contributed by atoms with Crippen LogP contribution in [0.1, 0.15) is 0 Å². The van der Waals surface area contributed by atoms with E-state index in [2.05, 4.69) is 172 Å². The number of anilines is 3. The summed E-state index contributed by atoms with van der Waals surface area (Å²) in [4.78, 5) is 2.34. The van der Waals surface area contributed by atoms with Crippen molar-refractivity contribution < 1.29 is 0 Å². The van der Waals surface area contributed by atoms with Crippen molar-refractivity contribution in [3.05, 3.63) is 160 Å². The van der Waals surface area contributed by atoms with Crippen LogP contribution >= 0.6 is 0 Å². The molecule has 0 unspecified atom stereocenters. The third kappa shape index (κ3) is 5.43. The van der Waals surface area contributed by atoms with E-state index in [1.807, 2.05) is 0 Å². The maximum Gasteiger partial charge on any atom is 0.298 e. The lowest BCUT2D eigenvalue weighted by molar-refractivity contribution is 1.17. The van der Waals surface area contributed by atoms with Gasteiger partial charge < -0.3 is 4.90 Å². The number of rotatable bonds is 5. The molecule has 0 amide bonds. The van der Waals surface area contributed by atoms with Crippen molar-refractivity contribution in [2.75, 3.05) is 4.90 Å². The van der Waals surface area contributed by atoms with Crippen molar-refractivity contribution in [3.63, 3.8) is 0 Å². The van der Waals surface area contributed by atoms with Crippen LogP contribution in [0.25, 0.3) is 43.8 Å². The third-order valence-corrected chi connectivity index (χ3v) is 15.1. The molecule has 3 aliphatic rings. The summed E-state index contributed by atoms with van der Waals surface area (Å²) in [5.41, 5.74) is 7.37. The first-order valence-electron chi connectivity index (χ1n) is 18.6. The molecule has 0 saturated heterocycles. The van der Waals surface area contributed by atoms with Crippen LogP contribution in [0.3, 0.4) is 0 Å². The van der Waals surface area contributed by atoms with E-state index >= 15 is 0 Å². The van der Waals surface area contributed by atoms with Gasteiger partial charge in [-0.25, -0.2) is 0 Å². The SMILES string of the molecule is C[Si]1(C)N=c2cccc(N(c3ccc(-c4ccc5ccccc5c4)c4c3=N[Si](C)(C)N=4)c3ccc(-c4ccc5ccccc5c4)c4c3=N[Si](C)(C)N=4)c2=N1. The Labute approximate surface area is 316 Å². The monoisotopic (exact) mass is 749 g/mol. The Morgan fingerprint density at radius 3 is 1.30 bits per heavy atom. The second-order valence-electron chi connectivity index (χ2n) is 15.9. The lowest BCUT2D eigenvalue weighted by Crippen LogP contribution is -2.38. The fourth-order valence-electron chi connectivity index (χ4n) is 8.16. The molecule has 3 aliphatic heterocycles. The van der Waals surface area contributed by atoms with Crippen molar-refractivity contribution in [2.45, 2.75) is 39.3 Å². The molecule has 7 nitrogen and oxygen atoms in total. The lowest BCUT2D eigenvalue weighted by atomic mass is 9.99. The van der Waals surface area contributed by atoms with E-state index in [0.717, 1.165) is 71.5 Å². The van der Waals surface area contributed by atoms with Crippen LogP contribution in [-0.4, -0.2) is 25.2 Å². The van der Waals surface area contributed by atoms with Crippen LogP contribution in [0.2, 0.25) is 39.3 Å². The van der Waals surface area contributed by atoms with Crippen LogP contribution in [0, 0.1) is 0 Å². The Kier molecular flexibility index (Phi) is 7.10. The zero-order valence-corrected chi connectivity index (χ0v) is 34.3. The highest BCUT2D eigenvalue weighted by Crippen LogP contribution is 2.33. The average molecular weight is 750 g/mol. The second kappa shape index (κ2) is 11.7. The molecule has 10 heteroatoms. The highest BCUT2D eigenvalue weighted by Gasteiger charge is 2.33. The van der Waals surface area contributed by atoms with Gasteiger partial charge in [-0.2, -0.15) is 0 Å². The van der Waals surface area contributed by atoms with Crippen molar-refractivity contribution in [1.29, 1.82) is 0 Å². The van der Waals surface area contributed by atoms with Gasteiger partial charge in [-0.15, -0.1) is 0 Å². The minimum Gasteiger partial charge on any atom is -0.304 e. The molecule has 0 saturated carbocycles. The van der Waals surface area contributed by atoms with E-state index in [9.17, 15) is 0 Å². The molecule has 0 fully saturated rings. The zero-order valence-electron chi connectivity index (χ0n) is 31.3. The molecule has 7 aromatic rings. The Morgan fingerprint density at radius 1 is 0.352 bits per heavy atom. The van der Waals surface area contributed by atoms with Crippen LogP contribution in [0.4, 0.5) is 17.1 Å². The quantitative estimate of drug-likeness (QED) is 0.167. The molecule has 3 heterocycles. The molecule has 0 bridgehead atoms. The molecule has 0 N–H and O–H groups in total. The van der Waals surface area contributed by atoms with Gasteiger partial charge in [0.2, 0.25) is 0 Å². The van der Waals surface area contributed by atoms with E-state index in [1.165, 1.54) is 21.5 Å². The molecule has 54 heavy (non-hydrogen) atoms. The zero-order chi connectivity index (χ0) is 37.0. The van der Waals surface area contributed by atoms with Gasteiger partial charge in [0.15, 0.2) is 0 Å². The molecular weight excluding hydrogens is 711 g/mol. The average Bonchev–Trinajstić information content (AvgIpc) is 3.78. The molecule has 0 atom stereocenters. The molecule has 0 spiro atoms. The first-order chi connectivity index (χ1) is 25.9. The smallest absolute Gasteiger partial charge is 0.298 e. The normalized spacial score (nSPS) is 16.6. The van der Waals surface area contributed by atoms with Crippen molar-refractivity contribution in [2.24, 2.45) is 27.9 Å². The standard InChI is InChI=1S/C44H39N7Si3/c1-52(2)45-36-16-11-17-37(42(36)48-52)51(38-24-22-34(40-43(38)49-53(3,4)46-40)32-20-18-28-12-7-9-14-30(28)26-32)39-25-23-35(41-44(39)50-54(5,6)47-41)33-21-19-29-13-8-10-15-31(29)27-33/h7-27H,1-6H3. The van der Waals surface area contributed by atoms with Crippen LogP contribution in [-0.2, 0) is 0 Å². The number of hydrogen-bond acceptors (Lipinski definition) is 7. The highest BCUT2D eigenvalue weighted by atomic mass is 28.4. The van der Waals surface area contributed by atoms with Crippen molar-refractivity contribution >= 4 is 63.8 Å². The Morgan fingerprint density at radius 2 is 0.778 bits per heavy atom. The van der Waals surface area contributed by atoms with Gasteiger partial charge in [-0.1, -0.05) is 91.0 Å². The van der Waals surface area contributed by atoms with Gasteiger partial charge >= 0.3 is 0 Å². The third-order valence-electron chi connectivity index (χ3n) is 10.4. The number of benzene rings is 7. The van der Waals surface area contributed by atoms with E-state index in [-0.39, 0.29) is 0 Å². The molecule has 0 aromatic heterocycles.